The maximum absolute atomic E-state index is 13.2. The van der Waals surface area contributed by atoms with Crippen LogP contribution in [-0.4, -0.2) is 38.4 Å². The Bertz CT molecular complexity index is 1440. The normalized spacial score (nSPS) is 15.8. The second-order valence-electron chi connectivity index (χ2n) is 8.47. The van der Waals surface area contributed by atoms with Gasteiger partial charge in [0.2, 0.25) is 0 Å². The number of nitrogens with one attached hydrogen (secondary N) is 1. The summed E-state index contributed by atoms with van der Waals surface area (Å²) in [5.74, 6) is 2.36. The lowest BCUT2D eigenvalue weighted by molar-refractivity contribution is -0.137. The lowest BCUT2D eigenvalue weighted by atomic mass is 9.98. The van der Waals surface area contributed by atoms with Gasteiger partial charge in [-0.3, -0.25) is 14.8 Å². The molecule has 0 amide bonds. The summed E-state index contributed by atoms with van der Waals surface area (Å²) in [5, 5.41) is 3.22. The predicted octanol–water partition coefficient (Wildman–Crippen LogP) is 3.84. The van der Waals surface area contributed by atoms with E-state index in [1.807, 2.05) is 17.0 Å². The van der Waals surface area contributed by atoms with Crippen LogP contribution in [0.3, 0.4) is 0 Å². The van der Waals surface area contributed by atoms with Crippen molar-refractivity contribution in [3.8, 4) is 0 Å². The van der Waals surface area contributed by atoms with E-state index in [1.54, 1.807) is 33.2 Å². The van der Waals surface area contributed by atoms with Gasteiger partial charge in [0.05, 0.1) is 29.4 Å². The second-order valence-corrected chi connectivity index (χ2v) is 8.47. The molecule has 180 valence electrons. The summed E-state index contributed by atoms with van der Waals surface area (Å²) in [4.78, 5) is 32.2. The van der Waals surface area contributed by atoms with Crippen LogP contribution in [0.5, 0.6) is 0 Å². The molecule has 3 aromatic heterocycles. The number of amidine groups is 1. The average molecular weight is 481 g/mol. The van der Waals surface area contributed by atoms with Crippen LogP contribution < -0.4 is 15.8 Å². The molecule has 0 fully saturated rings. The van der Waals surface area contributed by atoms with Gasteiger partial charge in [-0.2, -0.15) is 13.2 Å². The van der Waals surface area contributed by atoms with Crippen LogP contribution in [0.25, 0.3) is 11.6 Å². The predicted molar refractivity (Wildman–Crippen MR) is 127 cm³/mol. The fraction of sp³-hybridized carbons (Fsp3) is 0.292. The highest BCUT2D eigenvalue weighted by atomic mass is 19.4. The van der Waals surface area contributed by atoms with Gasteiger partial charge in [-0.05, 0) is 43.7 Å². The first kappa shape index (κ1) is 22.8. The van der Waals surface area contributed by atoms with Crippen molar-refractivity contribution in [2.45, 2.75) is 26.1 Å². The smallest absolute Gasteiger partial charge is 0.361 e. The van der Waals surface area contributed by atoms with Crippen molar-refractivity contribution in [3.05, 3.63) is 75.2 Å². The number of aryl methyl sites for hydroxylation is 2. The zero-order valence-corrected chi connectivity index (χ0v) is 19.3. The van der Waals surface area contributed by atoms with Gasteiger partial charge in [0.15, 0.2) is 0 Å². The van der Waals surface area contributed by atoms with Crippen molar-refractivity contribution in [2.75, 3.05) is 23.3 Å². The first-order valence-corrected chi connectivity index (χ1v) is 11.0. The molecule has 0 saturated carbocycles. The molecule has 0 aliphatic carbocycles. The van der Waals surface area contributed by atoms with Crippen molar-refractivity contribution >= 4 is 29.1 Å². The Morgan fingerprint density at radius 3 is 2.71 bits per heavy atom. The number of rotatable bonds is 4. The first-order chi connectivity index (χ1) is 16.6. The second kappa shape index (κ2) is 8.33. The van der Waals surface area contributed by atoms with Crippen LogP contribution >= 0.6 is 0 Å². The molecule has 0 saturated heterocycles. The van der Waals surface area contributed by atoms with E-state index in [1.165, 1.54) is 4.57 Å². The Hall–Kier alpha value is -4.02. The standard InChI is InChI=1S/C24H22F3N7O/c1-13(19-11-16(4-6-28-19)24(25,26)27)30-21-18-12-17(15-5-8-33(3)20(35)10-15)22-29-7-9-34(22)23(18)32-14(2)31-21/h4-6,8,10-13H,7,9H2,1-3H3,(H,30,31,32)/t13-/m1/s1. The summed E-state index contributed by atoms with van der Waals surface area (Å²) in [5.41, 5.74) is 1.47. The lowest BCUT2D eigenvalue weighted by Crippen LogP contribution is -2.33. The summed E-state index contributed by atoms with van der Waals surface area (Å²) >= 11 is 0. The van der Waals surface area contributed by atoms with E-state index in [0.29, 0.717) is 41.7 Å². The number of anilines is 2. The van der Waals surface area contributed by atoms with E-state index in [0.717, 1.165) is 29.7 Å². The van der Waals surface area contributed by atoms with Gasteiger partial charge in [-0.15, -0.1) is 0 Å². The monoisotopic (exact) mass is 481 g/mol. The van der Waals surface area contributed by atoms with Crippen LogP contribution in [0, 0.1) is 6.92 Å². The number of aromatic nitrogens is 4. The van der Waals surface area contributed by atoms with E-state index in [9.17, 15) is 18.0 Å². The highest BCUT2D eigenvalue weighted by Gasteiger charge is 2.33. The molecular weight excluding hydrogens is 459 g/mol. The zero-order valence-electron chi connectivity index (χ0n) is 19.3. The van der Waals surface area contributed by atoms with Crippen molar-refractivity contribution in [1.82, 2.24) is 19.5 Å². The lowest BCUT2D eigenvalue weighted by Gasteiger charge is -2.29. The third kappa shape index (κ3) is 4.17. The molecule has 5 rings (SSSR count). The molecule has 2 aliphatic rings. The van der Waals surface area contributed by atoms with Crippen molar-refractivity contribution in [2.24, 2.45) is 12.0 Å². The Balaban J connectivity index is 1.59. The van der Waals surface area contributed by atoms with Gasteiger partial charge in [0.25, 0.3) is 5.56 Å². The SMILES string of the molecule is Cc1nc(N[C@H](C)c2cc(C(F)(F)F)ccn2)c2c(n1)N1CCN=C1C(c1ccn(C)c(=O)c1)=C2. The molecule has 2 aliphatic heterocycles. The van der Waals surface area contributed by atoms with Crippen LogP contribution in [-0.2, 0) is 13.2 Å². The van der Waals surface area contributed by atoms with Gasteiger partial charge < -0.3 is 14.8 Å². The number of nitrogens with zero attached hydrogens (tertiary/aromatic N) is 6. The number of pyridine rings is 2. The third-order valence-electron chi connectivity index (χ3n) is 5.98. The molecule has 0 bridgehead atoms. The molecule has 8 nitrogen and oxygen atoms in total. The van der Waals surface area contributed by atoms with E-state index >= 15 is 0 Å². The highest BCUT2D eigenvalue weighted by molar-refractivity contribution is 6.36. The first-order valence-electron chi connectivity index (χ1n) is 11.0. The van der Waals surface area contributed by atoms with Gasteiger partial charge in [0, 0.05) is 37.6 Å². The number of aliphatic imine (C=N–C) groups is 1. The highest BCUT2D eigenvalue weighted by Crippen LogP contribution is 2.38. The van der Waals surface area contributed by atoms with Crippen LogP contribution in [0.2, 0.25) is 0 Å². The largest absolute Gasteiger partial charge is 0.416 e. The maximum Gasteiger partial charge on any atom is 0.416 e. The molecule has 1 atom stereocenters. The summed E-state index contributed by atoms with van der Waals surface area (Å²) in [6.07, 6.45) is 0.259. The van der Waals surface area contributed by atoms with Gasteiger partial charge in [0.1, 0.15) is 23.3 Å². The Morgan fingerprint density at radius 2 is 1.97 bits per heavy atom. The molecule has 5 heterocycles. The van der Waals surface area contributed by atoms with Crippen LogP contribution in [0.15, 0.2) is 46.4 Å². The molecular formula is C24H22F3N7O. The molecule has 0 radical (unpaired) electrons. The fourth-order valence-corrected chi connectivity index (χ4v) is 4.18. The van der Waals surface area contributed by atoms with Gasteiger partial charge in [-0.1, -0.05) is 0 Å². The number of hydrogen-bond donors (Lipinski definition) is 1. The van der Waals surface area contributed by atoms with Crippen molar-refractivity contribution < 1.29 is 13.2 Å². The van der Waals surface area contributed by atoms with Gasteiger partial charge in [-0.25, -0.2) is 9.97 Å². The molecule has 11 heteroatoms. The number of hydrogen-bond acceptors (Lipinski definition) is 7. The van der Waals surface area contributed by atoms with E-state index < -0.39 is 17.8 Å². The minimum atomic E-state index is -4.46. The molecule has 0 spiro atoms. The fourth-order valence-electron chi connectivity index (χ4n) is 4.18. The Morgan fingerprint density at radius 1 is 1.17 bits per heavy atom. The average Bonchev–Trinajstić information content (AvgIpc) is 3.30. The van der Waals surface area contributed by atoms with Crippen LogP contribution in [0.4, 0.5) is 24.8 Å². The van der Waals surface area contributed by atoms with Crippen molar-refractivity contribution in [1.29, 1.82) is 0 Å². The molecule has 35 heavy (non-hydrogen) atoms. The van der Waals surface area contributed by atoms with Crippen molar-refractivity contribution in [3.63, 3.8) is 0 Å². The summed E-state index contributed by atoms with van der Waals surface area (Å²) < 4.78 is 41.1. The zero-order chi connectivity index (χ0) is 24.9. The van der Waals surface area contributed by atoms with E-state index in [-0.39, 0.29) is 11.3 Å². The molecule has 0 aromatic carbocycles. The van der Waals surface area contributed by atoms with Gasteiger partial charge >= 0.3 is 6.18 Å². The summed E-state index contributed by atoms with van der Waals surface area (Å²) in [7, 11) is 1.68. The quantitative estimate of drug-likeness (QED) is 0.609. The number of halogens is 3. The van der Waals surface area contributed by atoms with E-state index in [2.05, 4.69) is 25.3 Å². The minimum Gasteiger partial charge on any atom is -0.361 e. The molecule has 1 N–H and O–H groups in total. The maximum atomic E-state index is 13.2. The molecule has 3 aromatic rings. The van der Waals surface area contributed by atoms with Crippen LogP contribution in [0.1, 0.15) is 41.2 Å². The Kier molecular flexibility index (Phi) is 5.42. The molecule has 0 unspecified atom stereocenters. The Labute approximate surface area is 198 Å². The number of fused-ring (bicyclic) bond motifs is 3. The summed E-state index contributed by atoms with van der Waals surface area (Å²) in [6, 6.07) is 4.80. The number of alkyl halides is 3. The topological polar surface area (TPSA) is 88.3 Å². The summed E-state index contributed by atoms with van der Waals surface area (Å²) in [6.45, 7) is 4.67. The van der Waals surface area contributed by atoms with E-state index in [4.69, 9.17) is 0 Å². The third-order valence-corrected chi connectivity index (χ3v) is 5.98. The minimum absolute atomic E-state index is 0.151.